The Labute approximate surface area is 647 Å². The van der Waals surface area contributed by atoms with E-state index in [9.17, 15) is 51.1 Å². The summed E-state index contributed by atoms with van der Waals surface area (Å²) in [5.41, 5.74) is 0.562. The van der Waals surface area contributed by atoms with Crippen molar-refractivity contribution in [3.05, 3.63) is 47.8 Å². The smallest absolute Gasteiger partial charge is 0.326 e. The van der Waals surface area contributed by atoms with E-state index in [1.807, 2.05) is 85.7 Å². The summed E-state index contributed by atoms with van der Waals surface area (Å²) >= 11 is 0. The second-order valence-electron chi connectivity index (χ2n) is 35.5. The summed E-state index contributed by atoms with van der Waals surface area (Å²) in [6, 6.07) is 8.65. The Hall–Kier alpha value is -7.38. The lowest BCUT2D eigenvalue weighted by Crippen LogP contribution is -2.50. The number of benzene rings is 2. The third-order valence-electron chi connectivity index (χ3n) is 26.7. The van der Waals surface area contributed by atoms with Crippen LogP contribution >= 0.6 is 0 Å². The number of hydrogen-bond acceptors (Lipinski definition) is 19. The van der Waals surface area contributed by atoms with Crippen molar-refractivity contribution in [3.8, 4) is 23.3 Å². The van der Waals surface area contributed by atoms with Crippen LogP contribution in [0.5, 0.6) is 23.3 Å². The van der Waals surface area contributed by atoms with Crippen molar-refractivity contribution in [1.82, 2.24) is 34.5 Å². The molecule has 14 rings (SSSR count). The molecule has 10 aliphatic rings. The maximum absolute atomic E-state index is 15.2. The molecule has 606 valence electrons. The SMILES string of the molecule is C.C.CC[C@@H]1[C@@H]2CN(C(=O)[C@H](C(C)(C)C)CC(=O)O[C@@H]3[C@H]4CC[C@H](C4)[C@H]3CCCCCc3nc4ccc(OC)cc4nc3O2)[C@@H]1C(=O)C[C@]1(C(=O)NS(=O)(=O)C2(C)CC2)C[C@H]1C(F)F.CC[C@@H]1[C@@H]2CN(C(=O)[C@H](C(C)(C)C)CC(=O)O[C@@H]3[C@H]4CC[C@H](C4)[C@H]3CCCCCc3nc4ccc(OC)cc4nc3O2)[C@@H]1C(=O)O. The molecule has 2 aromatic carbocycles. The monoisotopic (exact) mass is 1550 g/mol. The fourth-order valence-electron chi connectivity index (χ4n) is 20.0. The molecule has 110 heavy (non-hydrogen) atoms. The number of methoxy groups -OCH3 is 2. The third-order valence-corrected chi connectivity index (χ3v) is 28.9. The summed E-state index contributed by atoms with van der Waals surface area (Å²) in [6.07, 6.45) is 10.6. The van der Waals surface area contributed by atoms with Crippen molar-refractivity contribution >= 4 is 73.5 Å². The van der Waals surface area contributed by atoms with Gasteiger partial charge in [0.2, 0.25) is 45.9 Å². The highest BCUT2D eigenvalue weighted by molar-refractivity contribution is 7.91. The number of carbonyl (C=O) groups is 7. The number of carboxylic acids is 1. The van der Waals surface area contributed by atoms with Crippen molar-refractivity contribution in [2.24, 2.45) is 81.3 Å². The first-order valence-electron chi connectivity index (χ1n) is 39.9. The van der Waals surface area contributed by atoms with E-state index in [4.69, 9.17) is 48.4 Å². The Morgan fingerprint density at radius 1 is 0.618 bits per heavy atom. The van der Waals surface area contributed by atoms with Gasteiger partial charge in [0.15, 0.2) is 5.78 Å². The number of aryl methyl sites for hydroxylation is 2. The largest absolute Gasteiger partial charge is 0.497 e. The van der Waals surface area contributed by atoms with E-state index in [2.05, 4.69) is 4.72 Å². The number of Topliss-reactive ketones (excluding diaryl/α,β-unsaturated/α-hetero) is 1. The Kier molecular flexibility index (Phi) is 25.1. The zero-order valence-corrected chi connectivity index (χ0v) is 65.5. The molecule has 8 bridgehead atoms. The van der Waals surface area contributed by atoms with Crippen LogP contribution in [-0.4, -0.2) is 160 Å². The topological polar surface area (TPSA) is 299 Å². The number of nitrogens with zero attached hydrogens (tertiary/aromatic N) is 6. The van der Waals surface area contributed by atoms with Crippen LogP contribution < -0.4 is 23.7 Å². The molecule has 6 heterocycles. The maximum Gasteiger partial charge on any atom is 0.326 e. The number of carbonyl (C=O) groups excluding carboxylic acids is 6. The van der Waals surface area contributed by atoms with Gasteiger partial charge in [-0.3, -0.25) is 33.5 Å². The van der Waals surface area contributed by atoms with Gasteiger partial charge in [-0.05, 0) is 187 Å². The summed E-state index contributed by atoms with van der Waals surface area (Å²) in [7, 11) is -1.04. The van der Waals surface area contributed by atoms with Crippen LogP contribution in [0.1, 0.15) is 230 Å². The number of aromatic nitrogens is 4. The minimum Gasteiger partial charge on any atom is -0.497 e. The first-order valence-corrected chi connectivity index (χ1v) is 41.4. The quantitative estimate of drug-likeness (QED) is 0.125. The van der Waals surface area contributed by atoms with Crippen molar-refractivity contribution in [3.63, 3.8) is 0 Å². The minimum absolute atomic E-state index is 0. The third kappa shape index (κ3) is 16.8. The number of ether oxygens (including phenoxy) is 6. The number of aliphatic carboxylic acids is 1. The Morgan fingerprint density at radius 3 is 1.45 bits per heavy atom. The standard InChI is InChI=1S/C46H62F2N4O9S.C36H49N3O7.2CH4/c1-7-28-36-24-52(38(28)35(53)23-46(22-31(46)40(47)48)43(56)51-62(57,58)45(5)17-18-45)42(55)30(44(2,3)4)21-37(54)61-39-26-14-13-25(19-26)29(39)11-9-8-10-12-33-41(60-36)50-34-20-27(59-6)15-16-32(34)49-33;1-6-23-29-19-39(31(23)35(42)43)34(41)25(36(2,3)4)18-30(40)46-32-21-13-12-20(16-21)24(32)10-8-7-9-11-27-33(45-29)38-28-17-22(44-5)14-15-26(28)37-27;;/h15-16,20,25-26,28-31,36,38-40H,7-14,17-19,21-24H2,1-6H3,(H,51,56);14-15,17,20-21,23-25,29,31-32H,6-13,16,18-19H2,1-5H3,(H,42,43);2*1H4/t25-,26+,28-,29-,30-,31+,36+,38+,39-,46-;20-,21+,23-,24-,25-,29+,31+,32-;;/m11../s1. The van der Waals surface area contributed by atoms with E-state index in [0.717, 1.165) is 94.7 Å². The van der Waals surface area contributed by atoms with Gasteiger partial charge >= 0.3 is 17.9 Å². The van der Waals surface area contributed by atoms with E-state index >= 15 is 4.79 Å². The zero-order valence-electron chi connectivity index (χ0n) is 64.7. The molecule has 6 saturated carbocycles. The first kappa shape index (κ1) is 83.6. The molecule has 2 saturated heterocycles. The van der Waals surface area contributed by atoms with Crippen molar-refractivity contribution in [1.29, 1.82) is 0 Å². The number of hydrogen-bond donors (Lipinski definition) is 2. The Balaban J connectivity index is 0.000000223. The molecular weight excluding hydrogens is 1430 g/mol. The average Bonchev–Trinajstić information content (AvgIpc) is 1.55. The van der Waals surface area contributed by atoms with Gasteiger partial charge in [0.05, 0.1) is 90.3 Å². The van der Waals surface area contributed by atoms with E-state index in [1.54, 1.807) is 20.3 Å². The summed E-state index contributed by atoms with van der Waals surface area (Å²) in [5.74, 6) is -4.67. The van der Waals surface area contributed by atoms with Crippen LogP contribution in [0.4, 0.5) is 8.78 Å². The van der Waals surface area contributed by atoms with Crippen molar-refractivity contribution < 1.29 is 84.3 Å². The number of fused-ring (bicyclic) bond motifs is 18. The van der Waals surface area contributed by atoms with Crippen LogP contribution in [0.2, 0.25) is 0 Å². The molecule has 0 radical (unpaired) electrons. The molecule has 3 amide bonds. The van der Waals surface area contributed by atoms with Crippen LogP contribution in [0, 0.1) is 81.3 Å². The molecule has 26 heteroatoms. The van der Waals surface area contributed by atoms with Crippen LogP contribution in [0.25, 0.3) is 22.1 Å². The van der Waals surface area contributed by atoms with E-state index in [-0.39, 0.29) is 89.0 Å². The molecule has 8 fully saturated rings. The molecular formula is C84H119F2N7O16S. The lowest BCUT2D eigenvalue weighted by atomic mass is 9.77. The number of rotatable bonds is 12. The predicted molar refractivity (Wildman–Crippen MR) is 409 cm³/mol. The molecule has 4 aliphatic heterocycles. The normalized spacial score (nSPS) is 32.4. The van der Waals surface area contributed by atoms with Gasteiger partial charge in [0.1, 0.15) is 53.3 Å². The highest BCUT2D eigenvalue weighted by Gasteiger charge is 2.68. The van der Waals surface area contributed by atoms with Gasteiger partial charge in [0, 0.05) is 36.3 Å². The lowest BCUT2D eigenvalue weighted by Gasteiger charge is -2.36. The minimum atomic E-state index is -4.20. The molecule has 4 aromatic rings. The Bertz CT molecular complexity index is 4200. The second-order valence-corrected chi connectivity index (χ2v) is 37.7. The summed E-state index contributed by atoms with van der Waals surface area (Å²) in [5, 5.41) is 10.5. The van der Waals surface area contributed by atoms with E-state index < -0.39 is 127 Å². The number of sulfonamides is 1. The van der Waals surface area contributed by atoms with Gasteiger partial charge in [-0.25, -0.2) is 41.9 Å². The van der Waals surface area contributed by atoms with Crippen molar-refractivity contribution in [2.45, 2.75) is 279 Å². The second kappa shape index (κ2) is 33.0. The number of esters is 2. The number of nitrogens with one attached hydrogen (secondary N) is 1. The summed E-state index contributed by atoms with van der Waals surface area (Å²) in [4.78, 5) is 121. The van der Waals surface area contributed by atoms with E-state index in [1.165, 1.54) is 23.1 Å². The fraction of sp³-hybridized carbons (Fsp3) is 0.726. The number of carboxylic acid groups (broad SMARTS) is 1. The summed E-state index contributed by atoms with van der Waals surface area (Å²) < 4.78 is 93.2. The Morgan fingerprint density at radius 2 is 1.05 bits per heavy atom. The lowest BCUT2D eigenvalue weighted by molar-refractivity contribution is -0.162. The predicted octanol–water partition coefficient (Wildman–Crippen LogP) is 14.1. The highest BCUT2D eigenvalue weighted by Crippen LogP contribution is 2.60. The highest BCUT2D eigenvalue weighted by atomic mass is 32.2. The van der Waals surface area contributed by atoms with Crippen LogP contribution in [-0.2, 0) is 65.9 Å². The molecule has 18 atom stereocenters. The molecule has 0 unspecified atom stereocenters. The average molecular weight is 1550 g/mol. The van der Waals surface area contributed by atoms with Crippen LogP contribution in [0.3, 0.4) is 0 Å². The zero-order chi connectivity index (χ0) is 77.3. The molecule has 2 N–H and O–H groups in total. The maximum atomic E-state index is 15.2. The van der Waals surface area contributed by atoms with E-state index in [0.29, 0.717) is 102 Å². The van der Waals surface area contributed by atoms with Crippen molar-refractivity contribution in [2.75, 3.05) is 27.3 Å². The van der Waals surface area contributed by atoms with Gasteiger partial charge in [-0.2, -0.15) is 0 Å². The van der Waals surface area contributed by atoms with Gasteiger partial charge < -0.3 is 43.3 Å². The van der Waals surface area contributed by atoms with Gasteiger partial charge in [-0.15, -0.1) is 0 Å². The molecule has 0 spiro atoms. The number of ketones is 1. The molecule has 2 aromatic heterocycles. The molecule has 23 nitrogen and oxygen atoms in total. The molecule has 6 aliphatic carbocycles. The van der Waals surface area contributed by atoms with Crippen LogP contribution in [0.15, 0.2) is 36.4 Å². The summed E-state index contributed by atoms with van der Waals surface area (Å²) in [6.45, 7) is 16.6. The number of alkyl halides is 2. The number of amides is 3. The van der Waals surface area contributed by atoms with Gasteiger partial charge in [0.25, 0.3) is 0 Å². The fourth-order valence-corrected chi connectivity index (χ4v) is 21.3. The number of halogens is 2. The van der Waals surface area contributed by atoms with Gasteiger partial charge in [-0.1, -0.05) is 95.9 Å². The first-order chi connectivity index (χ1) is 51.3.